The van der Waals surface area contributed by atoms with E-state index in [1.165, 1.54) is 33.0 Å². The van der Waals surface area contributed by atoms with Crippen LogP contribution in [0, 0.1) is 6.08 Å². The molecule has 0 saturated carbocycles. The van der Waals surface area contributed by atoms with Crippen LogP contribution in [0.3, 0.4) is 0 Å². The molecule has 1 aliphatic rings. The number of fused-ring (bicyclic) bond motifs is 3. The molecule has 22 heavy (non-hydrogen) atoms. The zero-order valence-electron chi connectivity index (χ0n) is 11.8. The average molecular weight is 403 g/mol. The van der Waals surface area contributed by atoms with E-state index in [9.17, 15) is 0 Å². The number of halogens is 2. The van der Waals surface area contributed by atoms with Crippen LogP contribution >= 0.6 is 0 Å². The van der Waals surface area contributed by atoms with E-state index in [1.54, 1.807) is 0 Å². The molecule has 0 amide bonds. The van der Waals surface area contributed by atoms with Gasteiger partial charge >= 0.3 is 26.2 Å². The summed E-state index contributed by atoms with van der Waals surface area (Å²) >= 11 is 0. The van der Waals surface area contributed by atoms with Crippen LogP contribution in [0.4, 0.5) is 0 Å². The molecule has 107 valence electrons. The van der Waals surface area contributed by atoms with Gasteiger partial charge in [0.05, 0.1) is 0 Å². The molecular formula is C19H13Cl2Zr. The Morgan fingerprint density at radius 1 is 0.727 bits per heavy atom. The first-order valence-corrected chi connectivity index (χ1v) is 6.61. The Kier molecular flexibility index (Phi) is 7.07. The second-order valence-corrected chi connectivity index (χ2v) is 4.96. The minimum atomic E-state index is 0. The van der Waals surface area contributed by atoms with Gasteiger partial charge in [0.2, 0.25) is 0 Å². The van der Waals surface area contributed by atoms with Crippen molar-refractivity contribution in [2.45, 2.75) is 6.42 Å². The van der Waals surface area contributed by atoms with Gasteiger partial charge in [-0.3, -0.25) is 0 Å². The molecule has 0 aliphatic heterocycles. The summed E-state index contributed by atoms with van der Waals surface area (Å²) in [5, 5.41) is 2.68. The third kappa shape index (κ3) is 3.38. The summed E-state index contributed by atoms with van der Waals surface area (Å²) in [5.41, 5.74) is 5.24. The van der Waals surface area contributed by atoms with Gasteiger partial charge in [-0.05, 0) is 5.39 Å². The van der Waals surface area contributed by atoms with Crippen molar-refractivity contribution in [2.24, 2.45) is 0 Å². The molecule has 0 atom stereocenters. The van der Waals surface area contributed by atoms with Crippen molar-refractivity contribution in [3.63, 3.8) is 0 Å². The molecule has 0 spiro atoms. The van der Waals surface area contributed by atoms with Gasteiger partial charge in [-0.1, -0.05) is 78.0 Å². The Labute approximate surface area is 162 Å². The SMILES string of the molecule is [C-]1=C(c2ccccc2)Cc2c1ccc1ccccc21.[Cl-].[Cl-].[Zr+3]. The van der Waals surface area contributed by atoms with Crippen LogP contribution in [0.25, 0.3) is 16.3 Å². The third-order valence-corrected chi connectivity index (χ3v) is 3.80. The van der Waals surface area contributed by atoms with Crippen molar-refractivity contribution >= 4 is 16.3 Å². The Morgan fingerprint density at radius 3 is 2.18 bits per heavy atom. The van der Waals surface area contributed by atoms with Crippen LogP contribution in [-0.4, -0.2) is 0 Å². The number of benzene rings is 3. The fraction of sp³-hybridized carbons (Fsp3) is 0.0526. The second-order valence-electron chi connectivity index (χ2n) is 4.96. The molecule has 0 nitrogen and oxygen atoms in total. The fourth-order valence-electron chi connectivity index (χ4n) is 2.84. The van der Waals surface area contributed by atoms with Gasteiger partial charge in [-0.2, -0.15) is 0 Å². The van der Waals surface area contributed by atoms with E-state index in [1.807, 2.05) is 0 Å². The molecule has 0 unspecified atom stereocenters. The summed E-state index contributed by atoms with van der Waals surface area (Å²) in [6.45, 7) is 0. The topological polar surface area (TPSA) is 0 Å². The van der Waals surface area contributed by atoms with E-state index in [0.717, 1.165) is 6.42 Å². The Balaban J connectivity index is 0.000000807. The monoisotopic (exact) mass is 401 g/mol. The van der Waals surface area contributed by atoms with Gasteiger partial charge in [-0.15, -0.1) is 28.8 Å². The molecule has 1 radical (unpaired) electrons. The quantitative estimate of drug-likeness (QED) is 0.441. The average Bonchev–Trinajstić information content (AvgIpc) is 2.93. The minimum absolute atomic E-state index is 0. The summed E-state index contributed by atoms with van der Waals surface area (Å²) in [7, 11) is 0. The molecule has 0 heterocycles. The number of hydrogen-bond donors (Lipinski definition) is 0. The standard InChI is InChI=1S/C19H13.2ClH.Zr/c1-2-6-14(7-3-1)17-12-16-11-10-15-8-4-5-9-18(15)19(16)13-17;;;/h1-11H,13H2;2*1H;/q-1;;;+3/p-2. The third-order valence-electron chi connectivity index (χ3n) is 3.80. The molecule has 0 saturated heterocycles. The maximum Gasteiger partial charge on any atom is 3.00 e. The van der Waals surface area contributed by atoms with Crippen molar-refractivity contribution < 1.29 is 51.0 Å². The van der Waals surface area contributed by atoms with Crippen LogP contribution in [-0.2, 0) is 32.6 Å². The van der Waals surface area contributed by atoms with Crippen molar-refractivity contribution in [3.8, 4) is 0 Å². The van der Waals surface area contributed by atoms with Gasteiger partial charge < -0.3 is 24.8 Å². The van der Waals surface area contributed by atoms with Crippen molar-refractivity contribution in [1.29, 1.82) is 0 Å². The smallest absolute Gasteiger partial charge is 1.00 e. The first-order chi connectivity index (χ1) is 9.42. The van der Waals surface area contributed by atoms with Crippen molar-refractivity contribution in [2.75, 3.05) is 0 Å². The van der Waals surface area contributed by atoms with E-state index < -0.39 is 0 Å². The number of allylic oxidation sites excluding steroid dienone is 1. The van der Waals surface area contributed by atoms with Gasteiger partial charge in [0, 0.05) is 0 Å². The normalized spacial score (nSPS) is 11.5. The Morgan fingerprint density at radius 2 is 1.41 bits per heavy atom. The minimum Gasteiger partial charge on any atom is -1.00 e. The molecule has 0 fully saturated rings. The second kappa shape index (κ2) is 8.11. The van der Waals surface area contributed by atoms with Gasteiger partial charge in [0.1, 0.15) is 0 Å². The Bertz CT molecular complexity index is 795. The zero-order valence-corrected chi connectivity index (χ0v) is 15.8. The van der Waals surface area contributed by atoms with E-state index in [0.29, 0.717) is 0 Å². The summed E-state index contributed by atoms with van der Waals surface area (Å²) in [6.07, 6.45) is 4.55. The molecule has 3 heteroatoms. The predicted octanol–water partition coefficient (Wildman–Crippen LogP) is -1.36. The van der Waals surface area contributed by atoms with Crippen LogP contribution in [0.5, 0.6) is 0 Å². The first kappa shape index (κ1) is 19.2. The van der Waals surface area contributed by atoms with Crippen LogP contribution in [0.2, 0.25) is 0 Å². The van der Waals surface area contributed by atoms with E-state index in [-0.39, 0.29) is 51.0 Å². The molecule has 0 aromatic heterocycles. The van der Waals surface area contributed by atoms with E-state index in [2.05, 4.69) is 72.8 Å². The van der Waals surface area contributed by atoms with Crippen LogP contribution in [0.1, 0.15) is 16.7 Å². The van der Waals surface area contributed by atoms with Gasteiger partial charge in [-0.25, -0.2) is 0 Å². The summed E-state index contributed by atoms with van der Waals surface area (Å²) in [6, 6.07) is 23.5. The Hall–Kier alpha value is -0.877. The molecule has 0 N–H and O–H groups in total. The predicted molar refractivity (Wildman–Crippen MR) is 79.8 cm³/mol. The van der Waals surface area contributed by atoms with Crippen LogP contribution < -0.4 is 24.8 Å². The maximum absolute atomic E-state index is 3.56. The molecule has 0 bridgehead atoms. The molecule has 4 rings (SSSR count). The summed E-state index contributed by atoms with van der Waals surface area (Å²) < 4.78 is 0. The van der Waals surface area contributed by atoms with Crippen LogP contribution in [0.15, 0.2) is 66.7 Å². The van der Waals surface area contributed by atoms with Crippen molar-refractivity contribution in [1.82, 2.24) is 0 Å². The van der Waals surface area contributed by atoms with E-state index in [4.69, 9.17) is 0 Å². The van der Waals surface area contributed by atoms with Gasteiger partial charge in [0.15, 0.2) is 0 Å². The largest absolute Gasteiger partial charge is 3.00 e. The maximum atomic E-state index is 3.56. The first-order valence-electron chi connectivity index (χ1n) is 6.61. The van der Waals surface area contributed by atoms with Crippen molar-refractivity contribution in [3.05, 3.63) is 89.5 Å². The zero-order chi connectivity index (χ0) is 12.7. The molecular weight excluding hydrogens is 390 g/mol. The molecule has 3 aromatic rings. The molecule has 3 aromatic carbocycles. The summed E-state index contributed by atoms with van der Waals surface area (Å²) in [5.74, 6) is 0. The van der Waals surface area contributed by atoms with E-state index >= 15 is 0 Å². The number of rotatable bonds is 1. The number of hydrogen-bond acceptors (Lipinski definition) is 0. The fourth-order valence-corrected chi connectivity index (χ4v) is 2.84. The summed E-state index contributed by atoms with van der Waals surface area (Å²) in [4.78, 5) is 0. The molecule has 1 aliphatic carbocycles. The van der Waals surface area contributed by atoms with Gasteiger partial charge in [0.25, 0.3) is 0 Å².